The smallest absolute Gasteiger partial charge is 0.264 e. The van der Waals surface area contributed by atoms with E-state index in [9.17, 15) is 8.42 Å². The van der Waals surface area contributed by atoms with Crippen LogP contribution in [0, 0.1) is 0 Å². The van der Waals surface area contributed by atoms with Crippen LogP contribution in [0.3, 0.4) is 0 Å². The van der Waals surface area contributed by atoms with E-state index in [2.05, 4.69) is 12.1 Å². The Morgan fingerprint density at radius 3 is 2.74 bits per heavy atom. The number of benzene rings is 1. The van der Waals surface area contributed by atoms with Gasteiger partial charge < -0.3 is 4.57 Å². The van der Waals surface area contributed by atoms with E-state index in [4.69, 9.17) is 4.18 Å². The molecule has 0 spiro atoms. The van der Waals surface area contributed by atoms with Crippen molar-refractivity contribution in [2.75, 3.05) is 12.5 Å². The molecule has 0 bridgehead atoms. The summed E-state index contributed by atoms with van der Waals surface area (Å²) in [5, 5.41) is 1.15. The Kier molecular flexibility index (Phi) is 4.23. The predicted octanol–water partition coefficient (Wildman–Crippen LogP) is 2.73. The van der Waals surface area contributed by atoms with Crippen molar-refractivity contribution in [3.63, 3.8) is 0 Å². The molecule has 1 aromatic carbocycles. The van der Waals surface area contributed by atoms with Gasteiger partial charge in [-0.2, -0.15) is 8.42 Å². The summed E-state index contributed by atoms with van der Waals surface area (Å²) >= 11 is 1.70. The topological polar surface area (TPSA) is 48.3 Å². The molecule has 4 nitrogen and oxygen atoms in total. The number of hydrogen-bond donors (Lipinski definition) is 0. The van der Waals surface area contributed by atoms with Crippen molar-refractivity contribution in [3.05, 3.63) is 30.5 Å². The van der Waals surface area contributed by atoms with Crippen LogP contribution in [0.15, 0.2) is 35.4 Å². The minimum atomic E-state index is -3.41. The molecule has 1 unspecified atom stereocenters. The van der Waals surface area contributed by atoms with Crippen molar-refractivity contribution < 1.29 is 12.6 Å². The summed E-state index contributed by atoms with van der Waals surface area (Å²) in [6, 6.07) is 8.26. The summed E-state index contributed by atoms with van der Waals surface area (Å²) in [4.78, 5) is 1.21. The fourth-order valence-electron chi connectivity index (χ4n) is 2.07. The van der Waals surface area contributed by atoms with Crippen molar-refractivity contribution in [3.8, 4) is 0 Å². The van der Waals surface area contributed by atoms with Crippen LogP contribution in [0.4, 0.5) is 0 Å². The zero-order valence-corrected chi connectivity index (χ0v) is 12.8. The van der Waals surface area contributed by atoms with Gasteiger partial charge in [0.15, 0.2) is 0 Å². The van der Waals surface area contributed by atoms with Gasteiger partial charge in [0.05, 0.1) is 18.9 Å². The maximum absolute atomic E-state index is 11.1. The molecule has 1 aromatic heterocycles. The maximum Gasteiger partial charge on any atom is 0.264 e. The lowest BCUT2D eigenvalue weighted by Gasteiger charge is -2.13. The largest absolute Gasteiger partial charge is 0.345 e. The van der Waals surface area contributed by atoms with Crippen molar-refractivity contribution in [1.29, 1.82) is 0 Å². The van der Waals surface area contributed by atoms with Gasteiger partial charge in [0.25, 0.3) is 10.1 Å². The summed E-state index contributed by atoms with van der Waals surface area (Å²) in [7, 11) is -3.41. The third kappa shape index (κ3) is 3.75. The van der Waals surface area contributed by atoms with Crippen molar-refractivity contribution in [2.24, 2.45) is 0 Å². The molecule has 1 heterocycles. The van der Waals surface area contributed by atoms with Crippen LogP contribution in [0.1, 0.15) is 6.92 Å². The number of fused-ring (bicyclic) bond motifs is 1. The van der Waals surface area contributed by atoms with E-state index in [-0.39, 0.29) is 6.10 Å². The Labute approximate surface area is 117 Å². The Morgan fingerprint density at radius 1 is 1.37 bits per heavy atom. The first-order chi connectivity index (χ1) is 8.89. The van der Waals surface area contributed by atoms with Gasteiger partial charge in [-0.25, -0.2) is 0 Å². The lowest BCUT2D eigenvalue weighted by molar-refractivity contribution is 0.211. The van der Waals surface area contributed by atoms with E-state index in [0.29, 0.717) is 6.54 Å². The SMILES string of the molecule is CSc1ccc2c(ccn2CC(C)OS(C)(=O)=O)c1. The van der Waals surface area contributed by atoms with E-state index in [1.54, 1.807) is 18.7 Å². The van der Waals surface area contributed by atoms with Crippen LogP contribution in [-0.4, -0.2) is 31.6 Å². The van der Waals surface area contributed by atoms with Crippen molar-refractivity contribution in [2.45, 2.75) is 24.5 Å². The van der Waals surface area contributed by atoms with Gasteiger partial charge in [-0.15, -0.1) is 11.8 Å². The minimum Gasteiger partial charge on any atom is -0.345 e. The Bertz CT molecular complexity index is 676. The first kappa shape index (κ1) is 14.4. The Morgan fingerprint density at radius 2 is 2.11 bits per heavy atom. The van der Waals surface area contributed by atoms with E-state index in [1.165, 1.54) is 4.90 Å². The highest BCUT2D eigenvalue weighted by Crippen LogP contribution is 2.23. The molecular formula is C13H17NO3S2. The number of hydrogen-bond acceptors (Lipinski definition) is 4. The molecule has 1 atom stereocenters. The quantitative estimate of drug-likeness (QED) is 0.629. The van der Waals surface area contributed by atoms with Gasteiger partial charge in [0.2, 0.25) is 0 Å². The molecule has 0 saturated heterocycles. The Hall–Kier alpha value is -0.980. The maximum atomic E-state index is 11.1. The summed E-state index contributed by atoms with van der Waals surface area (Å²) in [5.74, 6) is 0. The van der Waals surface area contributed by atoms with Crippen LogP contribution in [0.5, 0.6) is 0 Å². The number of nitrogens with zero attached hydrogens (tertiary/aromatic N) is 1. The molecule has 104 valence electrons. The van der Waals surface area contributed by atoms with Gasteiger partial charge in [-0.1, -0.05) is 0 Å². The molecule has 0 aliphatic carbocycles. The zero-order valence-electron chi connectivity index (χ0n) is 11.2. The zero-order chi connectivity index (χ0) is 14.0. The van der Waals surface area contributed by atoms with Gasteiger partial charge in [-0.05, 0) is 37.4 Å². The third-order valence-electron chi connectivity index (χ3n) is 2.77. The molecule has 2 aromatic rings. The van der Waals surface area contributed by atoms with Gasteiger partial charge in [-0.3, -0.25) is 4.18 Å². The second-order valence-corrected chi connectivity index (χ2v) is 6.98. The molecule has 0 N–H and O–H groups in total. The normalized spacial score (nSPS) is 13.8. The molecule has 19 heavy (non-hydrogen) atoms. The van der Waals surface area contributed by atoms with Crippen LogP contribution in [0.2, 0.25) is 0 Å². The van der Waals surface area contributed by atoms with Gasteiger partial charge in [0, 0.05) is 22.0 Å². The summed E-state index contributed by atoms with van der Waals surface area (Å²) < 4.78 is 29.1. The number of thioether (sulfide) groups is 1. The second kappa shape index (κ2) is 5.56. The van der Waals surface area contributed by atoms with E-state index < -0.39 is 10.1 Å². The average Bonchev–Trinajstić information content (AvgIpc) is 2.69. The molecule has 6 heteroatoms. The van der Waals surface area contributed by atoms with Gasteiger partial charge >= 0.3 is 0 Å². The fraction of sp³-hybridized carbons (Fsp3) is 0.385. The molecule has 0 aliphatic heterocycles. The lowest BCUT2D eigenvalue weighted by Crippen LogP contribution is -2.19. The van der Waals surface area contributed by atoms with Crippen LogP contribution < -0.4 is 0 Å². The monoisotopic (exact) mass is 299 g/mol. The predicted molar refractivity (Wildman–Crippen MR) is 79.1 cm³/mol. The summed E-state index contributed by atoms with van der Waals surface area (Å²) in [6.45, 7) is 2.26. The summed E-state index contributed by atoms with van der Waals surface area (Å²) in [5.41, 5.74) is 1.08. The standard InChI is InChI=1S/C13H17NO3S2/c1-10(17-19(3,15)16)9-14-7-6-11-8-12(18-2)4-5-13(11)14/h4-8,10H,9H2,1-3H3. The Balaban J connectivity index is 2.22. The first-order valence-electron chi connectivity index (χ1n) is 5.90. The van der Waals surface area contributed by atoms with Crippen LogP contribution in [-0.2, 0) is 20.8 Å². The molecular weight excluding hydrogens is 282 g/mol. The van der Waals surface area contributed by atoms with E-state index in [0.717, 1.165) is 17.2 Å². The van der Waals surface area contributed by atoms with Crippen LogP contribution >= 0.6 is 11.8 Å². The van der Waals surface area contributed by atoms with E-state index in [1.807, 2.05) is 29.2 Å². The number of rotatable bonds is 5. The van der Waals surface area contributed by atoms with E-state index >= 15 is 0 Å². The molecule has 2 rings (SSSR count). The van der Waals surface area contributed by atoms with Crippen molar-refractivity contribution >= 4 is 32.8 Å². The average molecular weight is 299 g/mol. The number of aromatic nitrogens is 1. The second-order valence-electron chi connectivity index (χ2n) is 4.50. The minimum absolute atomic E-state index is 0.383. The van der Waals surface area contributed by atoms with Crippen LogP contribution in [0.25, 0.3) is 10.9 Å². The lowest BCUT2D eigenvalue weighted by atomic mass is 10.2. The third-order valence-corrected chi connectivity index (χ3v) is 4.17. The van der Waals surface area contributed by atoms with Crippen molar-refractivity contribution in [1.82, 2.24) is 4.57 Å². The first-order valence-corrected chi connectivity index (χ1v) is 8.94. The van der Waals surface area contributed by atoms with Gasteiger partial charge in [0.1, 0.15) is 0 Å². The fourth-order valence-corrected chi connectivity index (χ4v) is 3.18. The molecule has 0 fully saturated rings. The molecule has 0 saturated carbocycles. The molecule has 0 amide bonds. The highest BCUT2D eigenvalue weighted by atomic mass is 32.2. The molecule has 0 radical (unpaired) electrons. The summed E-state index contributed by atoms with van der Waals surface area (Å²) in [6.07, 6.45) is 4.69. The molecule has 0 aliphatic rings. The highest BCUT2D eigenvalue weighted by Gasteiger charge is 2.12. The highest BCUT2D eigenvalue weighted by molar-refractivity contribution is 7.98.